The average molecular weight is 174 g/mol. The van der Waals surface area contributed by atoms with Gasteiger partial charge in [0.05, 0.1) is 0 Å². The molecule has 0 aromatic rings. The summed E-state index contributed by atoms with van der Waals surface area (Å²) in [5.74, 6) is -0.808. The first-order chi connectivity index (χ1) is 5.42. The minimum absolute atomic E-state index is 0.259. The maximum atomic E-state index is 13.0. The smallest absolute Gasteiger partial charge is 0.423 e. The van der Waals surface area contributed by atoms with Crippen molar-refractivity contribution in [2.24, 2.45) is 0 Å². The fourth-order valence-corrected chi connectivity index (χ4v) is 1.04. The van der Waals surface area contributed by atoms with Crippen molar-refractivity contribution in [2.75, 3.05) is 0 Å². The molecule has 0 saturated heterocycles. The van der Waals surface area contributed by atoms with E-state index in [4.69, 9.17) is 10.0 Å². The Morgan fingerprint density at radius 1 is 1.58 bits per heavy atom. The molecule has 0 amide bonds. The molecule has 0 bridgehead atoms. The van der Waals surface area contributed by atoms with Gasteiger partial charge in [-0.15, -0.1) is 0 Å². The lowest BCUT2D eigenvalue weighted by Gasteiger charge is -2.20. The first-order valence-corrected chi connectivity index (χ1v) is 3.55. The highest BCUT2D eigenvalue weighted by Gasteiger charge is 2.30. The summed E-state index contributed by atoms with van der Waals surface area (Å²) in [5, 5.41) is 17.2. The maximum absolute atomic E-state index is 13.0. The van der Waals surface area contributed by atoms with Crippen LogP contribution in [0.2, 0.25) is 0 Å². The molecule has 2 nitrogen and oxygen atoms in total. The van der Waals surface area contributed by atoms with Gasteiger partial charge in [-0.1, -0.05) is 6.08 Å². The molecule has 0 saturated carbocycles. The van der Waals surface area contributed by atoms with Gasteiger partial charge in [0, 0.05) is 11.9 Å². The lowest BCUT2D eigenvalue weighted by Crippen LogP contribution is -2.24. The largest absolute Gasteiger partial charge is 0.491 e. The lowest BCUT2D eigenvalue weighted by molar-refractivity contribution is 0.238. The van der Waals surface area contributed by atoms with E-state index >= 15 is 0 Å². The topological polar surface area (TPSA) is 40.5 Å². The van der Waals surface area contributed by atoms with Crippen LogP contribution < -0.4 is 0 Å². The molecular formula is C7H9BF2O2. The number of rotatable bonds is 1. The highest BCUT2D eigenvalue weighted by Crippen LogP contribution is 2.30. The Morgan fingerprint density at radius 2 is 2.17 bits per heavy atom. The van der Waals surface area contributed by atoms with Crippen LogP contribution in [0.3, 0.4) is 0 Å². The van der Waals surface area contributed by atoms with Crippen LogP contribution in [0, 0.1) is 0 Å². The summed E-state index contributed by atoms with van der Waals surface area (Å²) in [7, 11) is -1.86. The molecule has 12 heavy (non-hydrogen) atoms. The highest BCUT2D eigenvalue weighted by atomic mass is 19.1. The van der Waals surface area contributed by atoms with Crippen molar-refractivity contribution >= 4 is 7.12 Å². The zero-order chi connectivity index (χ0) is 9.35. The van der Waals surface area contributed by atoms with Crippen LogP contribution in [0.4, 0.5) is 8.78 Å². The van der Waals surface area contributed by atoms with E-state index in [1.165, 1.54) is 6.92 Å². The summed E-state index contributed by atoms with van der Waals surface area (Å²) < 4.78 is 25.9. The summed E-state index contributed by atoms with van der Waals surface area (Å²) in [4.78, 5) is 0. The van der Waals surface area contributed by atoms with E-state index in [0.717, 1.165) is 12.2 Å². The summed E-state index contributed by atoms with van der Waals surface area (Å²) in [5.41, 5.74) is -1.98. The Labute approximate surface area is 69.4 Å². The van der Waals surface area contributed by atoms with Gasteiger partial charge in [0.15, 0.2) is 0 Å². The van der Waals surface area contributed by atoms with Crippen molar-refractivity contribution in [2.45, 2.75) is 19.0 Å². The van der Waals surface area contributed by atoms with E-state index in [2.05, 4.69) is 0 Å². The van der Waals surface area contributed by atoms with Crippen molar-refractivity contribution in [3.05, 3.63) is 23.5 Å². The molecule has 0 spiro atoms. The Kier molecular flexibility index (Phi) is 2.35. The van der Waals surface area contributed by atoms with Crippen molar-refractivity contribution in [1.29, 1.82) is 0 Å². The number of halogens is 2. The van der Waals surface area contributed by atoms with E-state index in [9.17, 15) is 8.78 Å². The molecule has 1 aliphatic carbocycles. The predicted molar refractivity (Wildman–Crippen MR) is 41.6 cm³/mol. The maximum Gasteiger partial charge on any atom is 0.491 e. The molecule has 2 N–H and O–H groups in total. The van der Waals surface area contributed by atoms with Crippen LogP contribution in [0.1, 0.15) is 13.3 Å². The Bertz CT molecular complexity index is 246. The van der Waals surface area contributed by atoms with Crippen LogP contribution in [0.15, 0.2) is 23.5 Å². The highest BCUT2D eigenvalue weighted by molar-refractivity contribution is 6.52. The van der Waals surface area contributed by atoms with Gasteiger partial charge in [0.2, 0.25) is 0 Å². The minimum atomic E-state index is -1.86. The van der Waals surface area contributed by atoms with Gasteiger partial charge in [-0.05, 0) is 13.0 Å². The van der Waals surface area contributed by atoms with Crippen LogP contribution >= 0.6 is 0 Å². The zero-order valence-electron chi connectivity index (χ0n) is 6.59. The summed E-state index contributed by atoms with van der Waals surface area (Å²) in [6.45, 7) is 1.23. The molecule has 1 atom stereocenters. The normalized spacial score (nSPS) is 29.4. The van der Waals surface area contributed by atoms with Gasteiger partial charge >= 0.3 is 7.12 Å². The Morgan fingerprint density at radius 3 is 2.58 bits per heavy atom. The second kappa shape index (κ2) is 2.99. The second-order valence-electron chi connectivity index (χ2n) is 3.02. The molecule has 66 valence electrons. The molecule has 5 heteroatoms. The Hall–Kier alpha value is -0.675. The van der Waals surface area contributed by atoms with Crippen LogP contribution in [-0.2, 0) is 0 Å². The molecule has 1 aliphatic rings. The molecule has 0 aromatic carbocycles. The monoisotopic (exact) mass is 174 g/mol. The Balaban J connectivity index is 2.88. The van der Waals surface area contributed by atoms with E-state index in [1.54, 1.807) is 0 Å². The SMILES string of the molecule is CC1(F)C=CC(B(O)O)=C(F)C1. The van der Waals surface area contributed by atoms with Crippen molar-refractivity contribution in [1.82, 2.24) is 0 Å². The summed E-state index contributed by atoms with van der Waals surface area (Å²) >= 11 is 0. The fraction of sp³-hybridized carbons (Fsp3) is 0.429. The molecule has 0 aliphatic heterocycles. The molecule has 1 unspecified atom stereocenters. The van der Waals surface area contributed by atoms with Crippen molar-refractivity contribution in [3.8, 4) is 0 Å². The molecule has 0 aromatic heterocycles. The van der Waals surface area contributed by atoms with Gasteiger partial charge in [-0.25, -0.2) is 8.78 Å². The van der Waals surface area contributed by atoms with Gasteiger partial charge in [-0.2, -0.15) is 0 Å². The van der Waals surface area contributed by atoms with E-state index < -0.39 is 25.0 Å². The van der Waals surface area contributed by atoms with Crippen LogP contribution in [0.25, 0.3) is 0 Å². The van der Waals surface area contributed by atoms with E-state index in [1.807, 2.05) is 0 Å². The fourth-order valence-electron chi connectivity index (χ4n) is 1.04. The third-order valence-electron chi connectivity index (χ3n) is 1.70. The van der Waals surface area contributed by atoms with Crippen LogP contribution in [-0.4, -0.2) is 22.8 Å². The average Bonchev–Trinajstić information content (AvgIpc) is 1.83. The number of allylic oxidation sites excluding steroid dienone is 4. The quantitative estimate of drug-likeness (QED) is 0.580. The first kappa shape index (κ1) is 9.41. The number of alkyl halides is 1. The summed E-state index contributed by atoms with van der Waals surface area (Å²) in [6.07, 6.45) is 1.74. The van der Waals surface area contributed by atoms with Gasteiger partial charge in [-0.3, -0.25) is 0 Å². The third kappa shape index (κ3) is 1.92. The third-order valence-corrected chi connectivity index (χ3v) is 1.70. The summed E-state index contributed by atoms with van der Waals surface area (Å²) in [6, 6.07) is 0. The molecule has 0 fully saturated rings. The van der Waals surface area contributed by atoms with Crippen molar-refractivity contribution < 1.29 is 18.8 Å². The lowest BCUT2D eigenvalue weighted by atomic mass is 9.74. The van der Waals surface area contributed by atoms with Gasteiger partial charge in [0.25, 0.3) is 0 Å². The molecule has 0 radical (unpaired) electrons. The molecule has 1 rings (SSSR count). The predicted octanol–water partition coefficient (Wildman–Crippen LogP) is 0.910. The molecular weight excluding hydrogens is 165 g/mol. The van der Waals surface area contributed by atoms with Crippen molar-refractivity contribution in [3.63, 3.8) is 0 Å². The number of hydrogen-bond acceptors (Lipinski definition) is 2. The van der Waals surface area contributed by atoms with E-state index in [-0.39, 0.29) is 5.47 Å². The van der Waals surface area contributed by atoms with E-state index in [0.29, 0.717) is 0 Å². The standard InChI is InChI=1S/C7H9BF2O2/c1-7(10)3-2-5(8(11)12)6(9)4-7/h2-3,11-12H,4H2,1H3. The number of hydrogen-bond donors (Lipinski definition) is 2. The molecule has 0 heterocycles. The van der Waals surface area contributed by atoms with Crippen LogP contribution in [0.5, 0.6) is 0 Å². The van der Waals surface area contributed by atoms with Gasteiger partial charge < -0.3 is 10.0 Å². The second-order valence-corrected chi connectivity index (χ2v) is 3.02. The first-order valence-electron chi connectivity index (χ1n) is 3.55. The van der Waals surface area contributed by atoms with Gasteiger partial charge in [0.1, 0.15) is 11.5 Å². The zero-order valence-corrected chi connectivity index (χ0v) is 6.59. The minimum Gasteiger partial charge on any atom is -0.423 e.